The van der Waals surface area contributed by atoms with Crippen molar-refractivity contribution in [3.05, 3.63) is 18.2 Å². The van der Waals surface area contributed by atoms with Crippen molar-refractivity contribution in [2.24, 2.45) is 7.05 Å². The van der Waals surface area contributed by atoms with Crippen LogP contribution in [0.25, 0.3) is 0 Å². The molecular formula is C12H23N2O+. The number of imidazole rings is 1. The zero-order valence-electron chi connectivity index (χ0n) is 10.4. The minimum absolute atomic E-state index is 0.552. The summed E-state index contributed by atoms with van der Waals surface area (Å²) >= 11 is 0. The molecule has 1 aromatic rings. The molecule has 0 aliphatic carbocycles. The van der Waals surface area contributed by atoms with Gasteiger partial charge in [-0.25, -0.2) is 9.13 Å². The largest absolute Gasteiger partial charge is 0.377 e. The van der Waals surface area contributed by atoms with Gasteiger partial charge >= 0.3 is 0 Å². The summed E-state index contributed by atoms with van der Waals surface area (Å²) in [5.74, 6) is 1.91. The highest BCUT2D eigenvalue weighted by Crippen LogP contribution is 2.09. The van der Waals surface area contributed by atoms with Gasteiger partial charge < -0.3 is 4.74 Å². The number of hydrogen-bond donors (Lipinski definition) is 0. The first kappa shape index (κ1) is 12.2. The average Bonchev–Trinajstić information content (AvgIpc) is 2.54. The zero-order valence-corrected chi connectivity index (χ0v) is 10.4. The lowest BCUT2D eigenvalue weighted by molar-refractivity contribution is -0.680. The van der Waals surface area contributed by atoms with Crippen LogP contribution < -0.4 is 4.57 Å². The molecular weight excluding hydrogens is 188 g/mol. The van der Waals surface area contributed by atoms with E-state index >= 15 is 0 Å². The molecule has 1 rings (SSSR count). The van der Waals surface area contributed by atoms with E-state index in [2.05, 4.69) is 49.3 Å². The van der Waals surface area contributed by atoms with Gasteiger partial charge in [0.15, 0.2) is 0 Å². The maximum Gasteiger partial charge on any atom is 0.258 e. The fourth-order valence-corrected chi connectivity index (χ4v) is 1.87. The summed E-state index contributed by atoms with van der Waals surface area (Å²) in [6.45, 7) is 9.20. The van der Waals surface area contributed by atoms with Crippen LogP contribution >= 0.6 is 0 Å². The maximum atomic E-state index is 5.50. The predicted molar refractivity (Wildman–Crippen MR) is 60.8 cm³/mol. The van der Waals surface area contributed by atoms with Gasteiger partial charge in [-0.05, 0) is 6.42 Å². The van der Waals surface area contributed by atoms with E-state index in [1.807, 2.05) is 0 Å². The summed E-state index contributed by atoms with van der Waals surface area (Å²) in [5, 5.41) is 0. The van der Waals surface area contributed by atoms with Crippen LogP contribution in [0.15, 0.2) is 12.4 Å². The van der Waals surface area contributed by atoms with Crippen molar-refractivity contribution in [1.82, 2.24) is 4.57 Å². The Morgan fingerprint density at radius 1 is 1.40 bits per heavy atom. The van der Waals surface area contributed by atoms with Crippen molar-refractivity contribution in [1.29, 1.82) is 0 Å². The van der Waals surface area contributed by atoms with Crippen molar-refractivity contribution in [3.8, 4) is 0 Å². The van der Waals surface area contributed by atoms with Crippen LogP contribution in [-0.4, -0.2) is 17.8 Å². The van der Waals surface area contributed by atoms with Gasteiger partial charge in [0, 0.05) is 6.61 Å². The Bertz CT molecular complexity index is 292. The molecule has 0 saturated heterocycles. The lowest BCUT2D eigenvalue weighted by atomic mass is 10.2. The Balaban J connectivity index is 2.53. The summed E-state index contributed by atoms with van der Waals surface area (Å²) in [4.78, 5) is 0. The molecule has 86 valence electrons. The summed E-state index contributed by atoms with van der Waals surface area (Å²) < 4.78 is 9.96. The highest BCUT2D eigenvalue weighted by atomic mass is 16.5. The Morgan fingerprint density at radius 2 is 2.13 bits per heavy atom. The van der Waals surface area contributed by atoms with Crippen LogP contribution in [0.4, 0.5) is 0 Å². The second-order valence-corrected chi connectivity index (χ2v) is 4.23. The van der Waals surface area contributed by atoms with Crippen LogP contribution in [0.1, 0.15) is 38.9 Å². The summed E-state index contributed by atoms with van der Waals surface area (Å²) in [6.07, 6.45) is 5.33. The van der Waals surface area contributed by atoms with Crippen molar-refractivity contribution < 1.29 is 9.30 Å². The average molecular weight is 211 g/mol. The molecule has 0 spiro atoms. The molecule has 0 saturated carbocycles. The molecule has 0 amide bonds. The van der Waals surface area contributed by atoms with E-state index in [1.54, 1.807) is 0 Å². The van der Waals surface area contributed by atoms with Crippen molar-refractivity contribution in [2.45, 2.75) is 39.7 Å². The molecule has 1 aromatic heterocycles. The summed E-state index contributed by atoms with van der Waals surface area (Å²) in [7, 11) is 2.10. The van der Waals surface area contributed by atoms with Gasteiger partial charge in [0.1, 0.15) is 18.9 Å². The molecule has 1 heterocycles. The van der Waals surface area contributed by atoms with Crippen LogP contribution in [0.3, 0.4) is 0 Å². The highest BCUT2D eigenvalue weighted by Gasteiger charge is 2.17. The van der Waals surface area contributed by atoms with E-state index in [0.717, 1.165) is 26.2 Å². The number of rotatable bonds is 6. The Kier molecular flexibility index (Phi) is 4.82. The standard InChI is InChI=1S/C12H23N2O/c1-5-9-15-10-8-14-7-6-13(4)12(14)11(2)3/h6-7,11H,5,8-10H2,1-4H3/q+1. The summed E-state index contributed by atoms with van der Waals surface area (Å²) in [5.41, 5.74) is 0. The molecule has 0 fully saturated rings. The predicted octanol–water partition coefficient (Wildman–Crippen LogP) is 1.86. The SMILES string of the molecule is CCCOCCn1cc[n+](C)c1C(C)C. The fourth-order valence-electron chi connectivity index (χ4n) is 1.87. The number of ether oxygens (including phenoxy) is 1. The van der Waals surface area contributed by atoms with Crippen LogP contribution in [0.5, 0.6) is 0 Å². The van der Waals surface area contributed by atoms with E-state index < -0.39 is 0 Å². The molecule has 0 aliphatic rings. The van der Waals surface area contributed by atoms with Gasteiger partial charge in [-0.15, -0.1) is 0 Å². The molecule has 0 atom stereocenters. The molecule has 0 unspecified atom stereocenters. The minimum Gasteiger partial charge on any atom is -0.377 e. The van der Waals surface area contributed by atoms with Crippen LogP contribution in [-0.2, 0) is 18.3 Å². The molecule has 0 radical (unpaired) electrons. The molecule has 0 aromatic carbocycles. The lowest BCUT2D eigenvalue weighted by Crippen LogP contribution is -2.33. The first-order valence-electron chi connectivity index (χ1n) is 5.79. The van der Waals surface area contributed by atoms with Crippen molar-refractivity contribution >= 4 is 0 Å². The highest BCUT2D eigenvalue weighted by molar-refractivity contribution is 4.89. The van der Waals surface area contributed by atoms with Gasteiger partial charge in [-0.3, -0.25) is 0 Å². The van der Waals surface area contributed by atoms with Crippen LogP contribution in [0, 0.1) is 0 Å². The molecule has 3 heteroatoms. The first-order chi connectivity index (χ1) is 7.16. The number of aromatic nitrogens is 2. The Hall–Kier alpha value is -0.830. The van der Waals surface area contributed by atoms with Crippen molar-refractivity contribution in [3.63, 3.8) is 0 Å². The molecule has 0 N–H and O–H groups in total. The van der Waals surface area contributed by atoms with Gasteiger partial charge in [-0.2, -0.15) is 0 Å². The monoisotopic (exact) mass is 211 g/mol. The first-order valence-corrected chi connectivity index (χ1v) is 5.79. The third-order valence-electron chi connectivity index (χ3n) is 2.47. The number of nitrogens with zero attached hydrogens (tertiary/aromatic N) is 2. The van der Waals surface area contributed by atoms with Gasteiger partial charge in [0.05, 0.1) is 19.6 Å². The third-order valence-corrected chi connectivity index (χ3v) is 2.47. The number of aryl methyl sites for hydroxylation is 1. The second kappa shape index (κ2) is 5.91. The van der Waals surface area contributed by atoms with E-state index in [-0.39, 0.29) is 0 Å². The normalized spacial score (nSPS) is 11.3. The molecule has 3 nitrogen and oxygen atoms in total. The smallest absolute Gasteiger partial charge is 0.258 e. The topological polar surface area (TPSA) is 18.0 Å². The quantitative estimate of drug-likeness (QED) is 0.519. The van der Waals surface area contributed by atoms with E-state index in [9.17, 15) is 0 Å². The van der Waals surface area contributed by atoms with Gasteiger partial charge in [0.2, 0.25) is 0 Å². The second-order valence-electron chi connectivity index (χ2n) is 4.23. The van der Waals surface area contributed by atoms with E-state index in [4.69, 9.17) is 4.74 Å². The van der Waals surface area contributed by atoms with Crippen molar-refractivity contribution in [2.75, 3.05) is 13.2 Å². The molecule has 0 bridgehead atoms. The molecule has 0 aliphatic heterocycles. The van der Waals surface area contributed by atoms with E-state index in [1.165, 1.54) is 5.82 Å². The minimum atomic E-state index is 0.552. The molecule has 15 heavy (non-hydrogen) atoms. The van der Waals surface area contributed by atoms with Crippen LogP contribution in [0.2, 0.25) is 0 Å². The van der Waals surface area contributed by atoms with E-state index in [0.29, 0.717) is 5.92 Å². The third kappa shape index (κ3) is 3.34. The fraction of sp³-hybridized carbons (Fsp3) is 0.750. The zero-order chi connectivity index (χ0) is 11.3. The van der Waals surface area contributed by atoms with Gasteiger partial charge in [0.25, 0.3) is 5.82 Å². The summed E-state index contributed by atoms with van der Waals surface area (Å²) in [6, 6.07) is 0. The lowest BCUT2D eigenvalue weighted by Gasteiger charge is -2.05. The number of hydrogen-bond acceptors (Lipinski definition) is 1. The maximum absolute atomic E-state index is 5.50. The Labute approximate surface area is 92.7 Å². The van der Waals surface area contributed by atoms with Gasteiger partial charge in [-0.1, -0.05) is 20.8 Å². The Morgan fingerprint density at radius 3 is 2.73 bits per heavy atom.